The predicted octanol–water partition coefficient (Wildman–Crippen LogP) is 6.19. The molecule has 0 bridgehead atoms. The number of ether oxygens (including phenoxy) is 2. The van der Waals surface area contributed by atoms with Crippen molar-refractivity contribution in [2.75, 3.05) is 0 Å². The van der Waals surface area contributed by atoms with Crippen molar-refractivity contribution >= 4 is 11.9 Å². The van der Waals surface area contributed by atoms with Crippen LogP contribution < -0.4 is 0 Å². The van der Waals surface area contributed by atoms with Gasteiger partial charge in [0.1, 0.15) is 12.2 Å². The van der Waals surface area contributed by atoms with Crippen LogP contribution in [0.3, 0.4) is 0 Å². The summed E-state index contributed by atoms with van der Waals surface area (Å²) in [7, 11) is 0. The number of esters is 2. The van der Waals surface area contributed by atoms with Crippen LogP contribution in [0, 0.1) is 0 Å². The van der Waals surface area contributed by atoms with Crippen molar-refractivity contribution in [3.05, 3.63) is 23.3 Å². The fourth-order valence-electron chi connectivity index (χ4n) is 4.03. The SMILES string of the molecule is C[C@@H]1C=C(CCCCCCCCCCCCCCC2=C[C@@H](C)OC2=O)C(=O)O1. The van der Waals surface area contributed by atoms with Gasteiger partial charge in [0.05, 0.1) is 0 Å². The molecule has 0 spiro atoms. The van der Waals surface area contributed by atoms with Crippen molar-refractivity contribution in [1.82, 2.24) is 0 Å². The van der Waals surface area contributed by atoms with Crippen LogP contribution in [0.15, 0.2) is 23.3 Å². The Hall–Kier alpha value is -1.58. The van der Waals surface area contributed by atoms with E-state index in [-0.39, 0.29) is 24.1 Å². The van der Waals surface area contributed by atoms with E-state index in [1.807, 2.05) is 26.0 Å². The predicted molar refractivity (Wildman–Crippen MR) is 112 cm³/mol. The molecule has 0 saturated heterocycles. The minimum Gasteiger partial charge on any atom is -0.455 e. The maximum atomic E-state index is 11.5. The molecule has 4 heteroatoms. The fourth-order valence-corrected chi connectivity index (χ4v) is 4.03. The van der Waals surface area contributed by atoms with Crippen molar-refractivity contribution in [2.45, 2.75) is 116 Å². The number of hydrogen-bond donors (Lipinski definition) is 0. The van der Waals surface area contributed by atoms with Crippen LogP contribution in [0.4, 0.5) is 0 Å². The minimum atomic E-state index is -0.111. The summed E-state index contributed by atoms with van der Waals surface area (Å²) < 4.78 is 10.2. The molecule has 0 aromatic rings. The van der Waals surface area contributed by atoms with Crippen LogP contribution in [0.2, 0.25) is 0 Å². The average molecular weight is 391 g/mol. The molecule has 0 aromatic heterocycles. The van der Waals surface area contributed by atoms with E-state index >= 15 is 0 Å². The normalized spacial score (nSPS) is 21.5. The molecule has 0 fully saturated rings. The lowest BCUT2D eigenvalue weighted by Crippen LogP contribution is -2.03. The van der Waals surface area contributed by atoms with Gasteiger partial charge in [0.25, 0.3) is 0 Å². The zero-order valence-corrected chi connectivity index (χ0v) is 17.8. The highest BCUT2D eigenvalue weighted by molar-refractivity contribution is 5.91. The van der Waals surface area contributed by atoms with Crippen LogP contribution in [0.1, 0.15) is 104 Å². The molecular formula is C24H38O4. The van der Waals surface area contributed by atoms with Gasteiger partial charge < -0.3 is 9.47 Å². The molecule has 158 valence electrons. The van der Waals surface area contributed by atoms with Crippen molar-refractivity contribution in [3.8, 4) is 0 Å². The molecule has 4 nitrogen and oxygen atoms in total. The summed E-state index contributed by atoms with van der Waals surface area (Å²) >= 11 is 0. The summed E-state index contributed by atoms with van der Waals surface area (Å²) in [6, 6.07) is 0. The van der Waals surface area contributed by atoms with Crippen molar-refractivity contribution in [2.24, 2.45) is 0 Å². The number of rotatable bonds is 15. The summed E-state index contributed by atoms with van der Waals surface area (Å²) in [5, 5.41) is 0. The van der Waals surface area contributed by atoms with E-state index in [2.05, 4.69) is 0 Å². The zero-order valence-electron chi connectivity index (χ0n) is 17.8. The van der Waals surface area contributed by atoms with Crippen LogP contribution in [-0.2, 0) is 19.1 Å². The van der Waals surface area contributed by atoms with Crippen LogP contribution in [0.25, 0.3) is 0 Å². The molecule has 0 N–H and O–H groups in total. The lowest BCUT2D eigenvalue weighted by molar-refractivity contribution is -0.140. The van der Waals surface area contributed by atoms with Crippen LogP contribution >= 0.6 is 0 Å². The molecule has 0 radical (unpaired) electrons. The molecule has 0 amide bonds. The Labute approximate surface area is 170 Å². The van der Waals surface area contributed by atoms with Gasteiger partial charge in [-0.3, -0.25) is 0 Å². The number of cyclic esters (lactones) is 2. The van der Waals surface area contributed by atoms with E-state index in [1.165, 1.54) is 64.2 Å². The van der Waals surface area contributed by atoms with Crippen molar-refractivity contribution < 1.29 is 19.1 Å². The first-order valence-corrected chi connectivity index (χ1v) is 11.4. The van der Waals surface area contributed by atoms with Crippen molar-refractivity contribution in [3.63, 3.8) is 0 Å². The molecule has 2 heterocycles. The van der Waals surface area contributed by atoms with E-state index in [9.17, 15) is 9.59 Å². The topological polar surface area (TPSA) is 52.6 Å². The summed E-state index contributed by atoms with van der Waals surface area (Å²) in [5.74, 6) is -0.222. The molecule has 2 rings (SSSR count). The molecule has 0 aromatic carbocycles. The summed E-state index contributed by atoms with van der Waals surface area (Å²) in [6.45, 7) is 3.83. The highest BCUT2D eigenvalue weighted by Crippen LogP contribution is 2.21. The van der Waals surface area contributed by atoms with E-state index in [0.29, 0.717) is 0 Å². The number of hydrogen-bond acceptors (Lipinski definition) is 4. The molecule has 2 aliphatic heterocycles. The van der Waals surface area contributed by atoms with Crippen LogP contribution in [0.5, 0.6) is 0 Å². The van der Waals surface area contributed by atoms with Gasteiger partial charge in [0.2, 0.25) is 0 Å². The maximum Gasteiger partial charge on any atom is 0.334 e. The Morgan fingerprint density at radius 3 is 1.11 bits per heavy atom. The van der Waals surface area contributed by atoms with E-state index in [0.717, 1.165) is 36.8 Å². The minimum absolute atomic E-state index is 0.0326. The van der Waals surface area contributed by atoms with Gasteiger partial charge in [-0.2, -0.15) is 0 Å². The third-order valence-corrected chi connectivity index (χ3v) is 5.62. The van der Waals surface area contributed by atoms with Gasteiger partial charge in [-0.05, 0) is 51.7 Å². The van der Waals surface area contributed by atoms with Crippen LogP contribution in [-0.4, -0.2) is 24.1 Å². The number of carbonyl (C=O) groups excluding carboxylic acids is 2. The molecule has 0 aliphatic carbocycles. The first-order chi connectivity index (χ1) is 13.6. The third kappa shape index (κ3) is 8.62. The molecule has 0 unspecified atom stereocenters. The lowest BCUT2D eigenvalue weighted by atomic mass is 10.0. The second kappa shape index (κ2) is 12.8. The molecule has 2 atom stereocenters. The Morgan fingerprint density at radius 2 is 0.857 bits per heavy atom. The first-order valence-electron chi connectivity index (χ1n) is 11.4. The maximum absolute atomic E-state index is 11.5. The van der Waals surface area contributed by atoms with Crippen molar-refractivity contribution in [1.29, 1.82) is 0 Å². The lowest BCUT2D eigenvalue weighted by Gasteiger charge is -2.04. The number of carbonyl (C=O) groups is 2. The standard InChI is InChI=1S/C24H38O4/c1-19-17-21(23(25)27-19)15-13-11-9-7-5-3-4-6-8-10-12-14-16-22-18-20(2)28-24(22)26/h17-20H,3-16H2,1-2H3/t19-,20-/m1/s1. The highest BCUT2D eigenvalue weighted by Gasteiger charge is 2.21. The Balaban J connectivity index is 1.30. The molecule has 2 aliphatic rings. The molecule has 28 heavy (non-hydrogen) atoms. The zero-order chi connectivity index (χ0) is 20.2. The fraction of sp³-hybridized carbons (Fsp3) is 0.750. The van der Waals surface area contributed by atoms with Gasteiger partial charge in [0, 0.05) is 11.1 Å². The molecular weight excluding hydrogens is 352 g/mol. The van der Waals surface area contributed by atoms with E-state index < -0.39 is 0 Å². The summed E-state index contributed by atoms with van der Waals surface area (Å²) in [6.07, 6.45) is 20.7. The number of unbranched alkanes of at least 4 members (excludes halogenated alkanes) is 11. The smallest absolute Gasteiger partial charge is 0.334 e. The van der Waals surface area contributed by atoms with E-state index in [4.69, 9.17) is 9.47 Å². The van der Waals surface area contributed by atoms with Gasteiger partial charge in [-0.1, -0.05) is 64.2 Å². The Morgan fingerprint density at radius 1 is 0.571 bits per heavy atom. The van der Waals surface area contributed by atoms with Gasteiger partial charge in [-0.15, -0.1) is 0 Å². The van der Waals surface area contributed by atoms with Gasteiger partial charge in [0.15, 0.2) is 0 Å². The highest BCUT2D eigenvalue weighted by atomic mass is 16.6. The Bertz CT molecular complexity index is 511. The quantitative estimate of drug-likeness (QED) is 0.247. The average Bonchev–Trinajstić information content (AvgIpc) is 3.14. The first kappa shape index (κ1) is 22.7. The van der Waals surface area contributed by atoms with Gasteiger partial charge >= 0.3 is 11.9 Å². The second-order valence-corrected chi connectivity index (χ2v) is 8.35. The third-order valence-electron chi connectivity index (χ3n) is 5.62. The second-order valence-electron chi connectivity index (χ2n) is 8.35. The molecule has 0 saturated carbocycles. The van der Waals surface area contributed by atoms with E-state index in [1.54, 1.807) is 0 Å². The summed E-state index contributed by atoms with van der Waals surface area (Å²) in [5.41, 5.74) is 1.75. The largest absolute Gasteiger partial charge is 0.455 e. The Kier molecular flexibility index (Phi) is 10.4. The monoisotopic (exact) mass is 390 g/mol. The van der Waals surface area contributed by atoms with Gasteiger partial charge in [-0.25, -0.2) is 9.59 Å². The summed E-state index contributed by atoms with van der Waals surface area (Å²) in [4.78, 5) is 23.0.